The first-order chi connectivity index (χ1) is 6.65. The van der Waals surface area contributed by atoms with Crippen molar-refractivity contribution in [3.05, 3.63) is 0 Å². The summed E-state index contributed by atoms with van der Waals surface area (Å²) in [5.41, 5.74) is 0. The van der Waals surface area contributed by atoms with Gasteiger partial charge in [0.25, 0.3) is 0 Å². The smallest absolute Gasteiger partial charge is 0.236 e. The molecular formula is C10H24ClNO2. The first-order valence-electron chi connectivity index (χ1n) is 5.16. The third kappa shape index (κ3) is 12.2. The minimum Gasteiger partial charge on any atom is -0.343 e. The maximum atomic E-state index is 5.32. The summed E-state index contributed by atoms with van der Waals surface area (Å²) in [7, 11) is 1.49. The summed E-state index contributed by atoms with van der Waals surface area (Å²) in [5, 5.41) is 0. The van der Waals surface area contributed by atoms with Crippen LogP contribution in [0.4, 0.5) is 0 Å². The molecule has 0 aliphatic rings. The molecule has 14 heavy (non-hydrogen) atoms. The predicted molar refractivity (Wildman–Crippen MR) is 61.7 cm³/mol. The van der Waals surface area contributed by atoms with Crippen LogP contribution in [0, 0.1) is 0 Å². The van der Waals surface area contributed by atoms with Gasteiger partial charge in [0.1, 0.15) is 0 Å². The molecule has 0 saturated carbocycles. The molecule has 0 amide bonds. The Kier molecular flexibility index (Phi) is 15.6. The quantitative estimate of drug-likeness (QED) is 0.512. The van der Waals surface area contributed by atoms with Crippen molar-refractivity contribution in [2.45, 2.75) is 33.4 Å². The average molecular weight is 226 g/mol. The molecule has 0 aliphatic carbocycles. The second-order valence-corrected chi connectivity index (χ2v) is 2.94. The van der Waals surface area contributed by atoms with E-state index in [2.05, 4.69) is 30.4 Å². The molecule has 0 aliphatic heterocycles. The van der Waals surface area contributed by atoms with Crippen LogP contribution in [0.5, 0.6) is 0 Å². The average Bonchev–Trinajstić information content (AvgIpc) is 2.22. The highest BCUT2D eigenvalue weighted by atomic mass is 35.5. The fourth-order valence-corrected chi connectivity index (χ4v) is 0.996. The molecule has 0 bridgehead atoms. The van der Waals surface area contributed by atoms with Crippen LogP contribution < -0.4 is 0 Å². The third-order valence-corrected chi connectivity index (χ3v) is 2.13. The summed E-state index contributed by atoms with van der Waals surface area (Å²) in [6.07, 6.45) is 0. The Bertz CT molecular complexity index is 94.6. The Hall–Kier alpha value is 0.170. The van der Waals surface area contributed by atoms with Crippen molar-refractivity contribution in [1.82, 2.24) is 4.90 Å². The van der Waals surface area contributed by atoms with E-state index >= 15 is 0 Å². The van der Waals surface area contributed by atoms with Gasteiger partial charge in [0, 0.05) is 13.7 Å². The van der Waals surface area contributed by atoms with Crippen LogP contribution in [-0.4, -0.2) is 44.0 Å². The number of ether oxygens (including phenoxy) is 2. The summed E-state index contributed by atoms with van der Waals surface area (Å²) in [5.74, 6) is -0.579. The Labute approximate surface area is 93.3 Å². The molecule has 0 fully saturated rings. The van der Waals surface area contributed by atoms with Crippen molar-refractivity contribution in [1.29, 1.82) is 0 Å². The number of alkyl halides is 1. The number of halogens is 1. The summed E-state index contributed by atoms with van der Waals surface area (Å²) in [6.45, 7) is 12.6. The molecule has 0 rings (SSSR count). The van der Waals surface area contributed by atoms with Gasteiger partial charge in [0.15, 0.2) is 0 Å². The lowest BCUT2D eigenvalue weighted by atomic mass is 10.5. The molecule has 4 heteroatoms. The zero-order chi connectivity index (χ0) is 11.4. The van der Waals surface area contributed by atoms with Gasteiger partial charge in [-0.25, -0.2) is 0 Å². The second kappa shape index (κ2) is 13.2. The highest BCUT2D eigenvalue weighted by molar-refractivity contribution is 6.18. The third-order valence-electron chi connectivity index (χ3n) is 1.82. The van der Waals surface area contributed by atoms with Gasteiger partial charge < -0.3 is 14.4 Å². The lowest BCUT2D eigenvalue weighted by molar-refractivity contribution is -0.0612. The molecule has 1 atom stereocenters. The Balaban J connectivity index is 0. The van der Waals surface area contributed by atoms with Gasteiger partial charge in [-0.2, -0.15) is 0 Å². The van der Waals surface area contributed by atoms with Crippen LogP contribution in [0.2, 0.25) is 0 Å². The fourth-order valence-electron chi connectivity index (χ4n) is 0.870. The molecular weight excluding hydrogens is 202 g/mol. The Morgan fingerprint density at radius 3 is 1.57 bits per heavy atom. The van der Waals surface area contributed by atoms with E-state index in [1.807, 2.05) is 6.92 Å². The van der Waals surface area contributed by atoms with E-state index in [-0.39, 0.29) is 0 Å². The van der Waals surface area contributed by atoms with E-state index in [0.717, 1.165) is 0 Å². The molecule has 0 aromatic carbocycles. The van der Waals surface area contributed by atoms with Crippen LogP contribution in [-0.2, 0) is 9.47 Å². The van der Waals surface area contributed by atoms with Crippen molar-refractivity contribution >= 4 is 11.6 Å². The van der Waals surface area contributed by atoms with Gasteiger partial charge in [-0.05, 0) is 26.6 Å². The van der Waals surface area contributed by atoms with Gasteiger partial charge >= 0.3 is 0 Å². The monoisotopic (exact) mass is 225 g/mol. The molecule has 1 unspecified atom stereocenters. The van der Waals surface area contributed by atoms with Crippen molar-refractivity contribution in [2.75, 3.05) is 33.4 Å². The number of hydrogen-bond acceptors (Lipinski definition) is 3. The first-order valence-corrected chi connectivity index (χ1v) is 5.60. The van der Waals surface area contributed by atoms with Crippen molar-refractivity contribution in [3.8, 4) is 0 Å². The summed E-state index contributed by atoms with van der Waals surface area (Å²) in [6, 6.07) is 0. The van der Waals surface area contributed by atoms with E-state index in [9.17, 15) is 0 Å². The minimum absolute atomic E-state index is 0.579. The minimum atomic E-state index is -0.579. The standard InChI is InChI=1S/C6H15N.C4H9ClO2/c1-4-7(5-2)6-3;1-3-7-4(5)6-2/h4-6H2,1-3H3;4H,3H2,1-2H3. The number of rotatable bonds is 6. The van der Waals surface area contributed by atoms with Gasteiger partial charge in [-0.3, -0.25) is 0 Å². The lowest BCUT2D eigenvalue weighted by Crippen LogP contribution is -2.21. The molecule has 0 N–H and O–H groups in total. The van der Waals surface area contributed by atoms with Crippen LogP contribution in [0.15, 0.2) is 0 Å². The normalized spacial score (nSPS) is 12.2. The number of hydrogen-bond donors (Lipinski definition) is 0. The zero-order valence-corrected chi connectivity index (χ0v) is 10.8. The van der Waals surface area contributed by atoms with Crippen LogP contribution in [0.1, 0.15) is 27.7 Å². The van der Waals surface area contributed by atoms with E-state index in [0.29, 0.717) is 6.61 Å². The van der Waals surface area contributed by atoms with Crippen LogP contribution in [0.25, 0.3) is 0 Å². The van der Waals surface area contributed by atoms with E-state index in [1.54, 1.807) is 0 Å². The molecule has 0 aromatic heterocycles. The topological polar surface area (TPSA) is 21.7 Å². The maximum Gasteiger partial charge on any atom is 0.236 e. The molecule has 0 heterocycles. The Morgan fingerprint density at radius 2 is 1.50 bits per heavy atom. The lowest BCUT2D eigenvalue weighted by Gasteiger charge is -2.13. The van der Waals surface area contributed by atoms with Crippen molar-refractivity contribution < 1.29 is 9.47 Å². The number of nitrogens with zero attached hydrogens (tertiary/aromatic N) is 1. The predicted octanol–water partition coefficient (Wildman–Crippen LogP) is 2.54. The summed E-state index contributed by atoms with van der Waals surface area (Å²) in [4.78, 5) is 2.38. The fraction of sp³-hybridized carbons (Fsp3) is 1.00. The largest absolute Gasteiger partial charge is 0.343 e. The molecule has 0 saturated heterocycles. The highest BCUT2D eigenvalue weighted by Gasteiger charge is 1.95. The van der Waals surface area contributed by atoms with Crippen LogP contribution >= 0.6 is 11.6 Å². The van der Waals surface area contributed by atoms with E-state index in [1.165, 1.54) is 26.7 Å². The second-order valence-electron chi connectivity index (χ2n) is 2.58. The van der Waals surface area contributed by atoms with Crippen molar-refractivity contribution in [3.63, 3.8) is 0 Å². The van der Waals surface area contributed by atoms with E-state index < -0.39 is 5.75 Å². The van der Waals surface area contributed by atoms with Gasteiger partial charge in [0.2, 0.25) is 5.75 Å². The van der Waals surface area contributed by atoms with Crippen molar-refractivity contribution in [2.24, 2.45) is 0 Å². The SMILES string of the molecule is CCN(CC)CC.CCOC(Cl)OC. The molecule has 0 aromatic rings. The highest BCUT2D eigenvalue weighted by Crippen LogP contribution is 1.95. The van der Waals surface area contributed by atoms with Crippen LogP contribution in [0.3, 0.4) is 0 Å². The Morgan fingerprint density at radius 1 is 1.07 bits per heavy atom. The zero-order valence-electron chi connectivity index (χ0n) is 10.0. The first kappa shape index (κ1) is 16.6. The van der Waals surface area contributed by atoms with Gasteiger partial charge in [0.05, 0.1) is 0 Å². The molecule has 0 spiro atoms. The summed E-state index contributed by atoms with van der Waals surface area (Å²) >= 11 is 5.32. The number of methoxy groups -OCH3 is 1. The van der Waals surface area contributed by atoms with E-state index in [4.69, 9.17) is 16.3 Å². The van der Waals surface area contributed by atoms with Gasteiger partial charge in [-0.15, -0.1) is 0 Å². The van der Waals surface area contributed by atoms with Gasteiger partial charge in [-0.1, -0.05) is 32.4 Å². The molecule has 88 valence electrons. The molecule has 0 radical (unpaired) electrons. The molecule has 3 nitrogen and oxygen atoms in total. The summed E-state index contributed by atoms with van der Waals surface area (Å²) < 4.78 is 9.27. The maximum absolute atomic E-state index is 5.32.